The maximum absolute atomic E-state index is 5.44. The van der Waals surface area contributed by atoms with E-state index in [0.717, 1.165) is 75.9 Å². The minimum atomic E-state index is 0.691. The predicted octanol–water partition coefficient (Wildman–Crippen LogP) is 2.68. The zero-order valence-electron chi connectivity index (χ0n) is 18.7. The van der Waals surface area contributed by atoms with E-state index in [1.54, 1.807) is 0 Å². The van der Waals surface area contributed by atoms with E-state index in [2.05, 4.69) is 74.8 Å². The number of hydrogen-bond acceptors (Lipinski definition) is 5. The molecular weight excluding hydrogens is 376 g/mol. The molecule has 1 aliphatic heterocycles. The summed E-state index contributed by atoms with van der Waals surface area (Å²) < 4.78 is 5.44. The summed E-state index contributed by atoms with van der Waals surface area (Å²) in [5, 5.41) is 11.0. The maximum Gasteiger partial charge on any atom is 0.191 e. The van der Waals surface area contributed by atoms with E-state index >= 15 is 0 Å². The first-order chi connectivity index (χ1) is 14.7. The molecule has 0 atom stereocenters. The molecule has 0 radical (unpaired) electrons. The molecule has 7 heteroatoms. The summed E-state index contributed by atoms with van der Waals surface area (Å²) in [5.74, 6) is 1.79. The minimum absolute atomic E-state index is 0.691. The van der Waals surface area contributed by atoms with E-state index in [4.69, 9.17) is 4.52 Å². The molecule has 2 heterocycles. The molecule has 164 valence electrons. The van der Waals surface area contributed by atoms with Gasteiger partial charge in [-0.3, -0.25) is 9.89 Å². The Morgan fingerprint density at radius 2 is 1.83 bits per heavy atom. The van der Waals surface area contributed by atoms with Gasteiger partial charge >= 0.3 is 0 Å². The van der Waals surface area contributed by atoms with E-state index in [9.17, 15) is 0 Å². The third kappa shape index (κ3) is 5.98. The average molecular weight is 413 g/mol. The van der Waals surface area contributed by atoms with Crippen molar-refractivity contribution >= 4 is 11.6 Å². The number of hydrogen-bond donors (Lipinski definition) is 2. The second-order valence-electron chi connectivity index (χ2n) is 7.61. The fourth-order valence-electron chi connectivity index (χ4n) is 3.91. The second-order valence-corrected chi connectivity index (χ2v) is 7.61. The summed E-state index contributed by atoms with van der Waals surface area (Å²) >= 11 is 0. The van der Waals surface area contributed by atoms with Crippen LogP contribution < -0.4 is 15.5 Å². The lowest BCUT2D eigenvalue weighted by atomic mass is 10.1. The Kier molecular flexibility index (Phi) is 8.56. The highest BCUT2D eigenvalue weighted by molar-refractivity contribution is 5.79. The standard InChI is InChI=1S/C23H36N6O/c1-4-21-20(22(5-2)30-27-21)18-26-23(24-3)25-12-9-13-28-14-16-29(17-15-28)19-10-7-6-8-11-19/h6-8,10-11H,4-5,9,12-18H2,1-3H3,(H2,24,25,26). The van der Waals surface area contributed by atoms with Crippen molar-refractivity contribution < 1.29 is 4.52 Å². The third-order valence-corrected chi connectivity index (χ3v) is 5.70. The Labute approximate surface area is 180 Å². The Morgan fingerprint density at radius 3 is 2.50 bits per heavy atom. The van der Waals surface area contributed by atoms with Crippen molar-refractivity contribution in [1.29, 1.82) is 0 Å². The lowest BCUT2D eigenvalue weighted by Gasteiger charge is -2.36. The first kappa shape index (κ1) is 22.2. The number of nitrogens with zero attached hydrogens (tertiary/aromatic N) is 4. The molecule has 1 aliphatic rings. The average Bonchev–Trinajstić information content (AvgIpc) is 3.21. The van der Waals surface area contributed by atoms with Crippen molar-refractivity contribution in [3.63, 3.8) is 0 Å². The van der Waals surface area contributed by atoms with Crippen molar-refractivity contribution in [2.45, 2.75) is 39.7 Å². The molecule has 7 nitrogen and oxygen atoms in total. The fraction of sp³-hybridized carbons (Fsp3) is 0.565. The molecule has 2 aromatic rings. The van der Waals surface area contributed by atoms with Gasteiger partial charge in [0.05, 0.1) is 5.69 Å². The van der Waals surface area contributed by atoms with Crippen LogP contribution in [0, 0.1) is 0 Å². The number of guanidine groups is 1. The van der Waals surface area contributed by atoms with Gasteiger partial charge in [-0.15, -0.1) is 0 Å². The maximum atomic E-state index is 5.44. The summed E-state index contributed by atoms with van der Waals surface area (Å²) in [6, 6.07) is 10.7. The molecule has 0 saturated carbocycles. The Balaban J connectivity index is 1.34. The van der Waals surface area contributed by atoms with Gasteiger partial charge in [-0.05, 0) is 31.5 Å². The summed E-state index contributed by atoms with van der Waals surface area (Å²) in [6.07, 6.45) is 2.83. The van der Waals surface area contributed by atoms with E-state index in [1.165, 1.54) is 11.3 Å². The highest BCUT2D eigenvalue weighted by Gasteiger charge is 2.17. The molecule has 0 amide bonds. The lowest BCUT2D eigenvalue weighted by Crippen LogP contribution is -2.47. The van der Waals surface area contributed by atoms with E-state index < -0.39 is 0 Å². The van der Waals surface area contributed by atoms with Gasteiger partial charge in [0.2, 0.25) is 0 Å². The molecule has 0 bridgehead atoms. The summed E-state index contributed by atoms with van der Waals surface area (Å²) in [5.41, 5.74) is 3.53. The second kappa shape index (κ2) is 11.6. The van der Waals surface area contributed by atoms with Gasteiger partial charge in [-0.1, -0.05) is 37.2 Å². The van der Waals surface area contributed by atoms with Crippen molar-refractivity contribution in [1.82, 2.24) is 20.7 Å². The van der Waals surface area contributed by atoms with E-state index in [1.807, 2.05) is 7.05 Å². The van der Waals surface area contributed by atoms with Crippen LogP contribution in [0.3, 0.4) is 0 Å². The molecule has 0 spiro atoms. The van der Waals surface area contributed by atoms with Crippen molar-refractivity contribution in [2.24, 2.45) is 4.99 Å². The summed E-state index contributed by atoms with van der Waals surface area (Å²) in [6.45, 7) is 11.3. The molecule has 1 saturated heterocycles. The van der Waals surface area contributed by atoms with Gasteiger partial charge in [0.1, 0.15) is 5.76 Å². The highest BCUT2D eigenvalue weighted by atomic mass is 16.5. The molecule has 1 fully saturated rings. The number of aliphatic imine (C=N–C) groups is 1. The molecule has 3 rings (SSSR count). The number of benzene rings is 1. The van der Waals surface area contributed by atoms with E-state index in [-0.39, 0.29) is 0 Å². The van der Waals surface area contributed by atoms with Crippen LogP contribution in [-0.4, -0.2) is 62.3 Å². The SMILES string of the molecule is CCc1noc(CC)c1CNC(=NC)NCCCN1CCN(c2ccccc2)CC1. The number of nitrogens with one attached hydrogen (secondary N) is 2. The summed E-state index contributed by atoms with van der Waals surface area (Å²) in [4.78, 5) is 9.37. The number of aromatic nitrogens is 1. The van der Waals surface area contributed by atoms with Crippen LogP contribution in [0.25, 0.3) is 0 Å². The third-order valence-electron chi connectivity index (χ3n) is 5.70. The number of anilines is 1. The quantitative estimate of drug-likeness (QED) is 0.375. The van der Waals surface area contributed by atoms with Gasteiger partial charge in [-0.2, -0.15) is 0 Å². The van der Waals surface area contributed by atoms with Gasteiger partial charge in [0.15, 0.2) is 5.96 Å². The number of para-hydroxylation sites is 1. The molecule has 0 unspecified atom stereocenters. The smallest absolute Gasteiger partial charge is 0.191 e. The first-order valence-electron chi connectivity index (χ1n) is 11.2. The minimum Gasteiger partial charge on any atom is -0.369 e. The van der Waals surface area contributed by atoms with Crippen LogP contribution in [0.2, 0.25) is 0 Å². The topological polar surface area (TPSA) is 68.9 Å². The van der Waals surface area contributed by atoms with Gasteiger partial charge in [0, 0.05) is 64.0 Å². The summed E-state index contributed by atoms with van der Waals surface area (Å²) in [7, 11) is 1.81. The van der Waals surface area contributed by atoms with Gasteiger partial charge < -0.3 is 20.1 Å². The molecule has 2 N–H and O–H groups in total. The van der Waals surface area contributed by atoms with Crippen molar-refractivity contribution in [3.8, 4) is 0 Å². The van der Waals surface area contributed by atoms with Crippen molar-refractivity contribution in [3.05, 3.63) is 47.3 Å². The van der Waals surface area contributed by atoms with Crippen LogP contribution in [0.15, 0.2) is 39.8 Å². The molecule has 0 aliphatic carbocycles. The van der Waals surface area contributed by atoms with E-state index in [0.29, 0.717) is 6.54 Å². The van der Waals surface area contributed by atoms with Crippen LogP contribution in [-0.2, 0) is 19.4 Å². The first-order valence-corrected chi connectivity index (χ1v) is 11.2. The molecule has 1 aromatic heterocycles. The zero-order valence-corrected chi connectivity index (χ0v) is 18.7. The molecule has 1 aromatic carbocycles. The molecular formula is C23H36N6O. The monoisotopic (exact) mass is 412 g/mol. The zero-order chi connectivity index (χ0) is 21.2. The normalized spacial score (nSPS) is 15.4. The Hall–Kier alpha value is -2.54. The fourth-order valence-corrected chi connectivity index (χ4v) is 3.91. The lowest BCUT2D eigenvalue weighted by molar-refractivity contribution is 0.255. The number of aryl methyl sites for hydroxylation is 2. The van der Waals surface area contributed by atoms with Crippen LogP contribution in [0.1, 0.15) is 37.3 Å². The Bertz CT molecular complexity index is 759. The molecule has 30 heavy (non-hydrogen) atoms. The predicted molar refractivity (Wildman–Crippen MR) is 123 cm³/mol. The van der Waals surface area contributed by atoms with Crippen LogP contribution in [0.5, 0.6) is 0 Å². The van der Waals surface area contributed by atoms with Gasteiger partial charge in [0.25, 0.3) is 0 Å². The van der Waals surface area contributed by atoms with Gasteiger partial charge in [-0.25, -0.2) is 0 Å². The largest absolute Gasteiger partial charge is 0.369 e. The Morgan fingerprint density at radius 1 is 1.07 bits per heavy atom. The number of piperazine rings is 1. The van der Waals surface area contributed by atoms with Crippen molar-refractivity contribution in [2.75, 3.05) is 51.2 Å². The highest BCUT2D eigenvalue weighted by Crippen LogP contribution is 2.16. The van der Waals surface area contributed by atoms with Crippen LogP contribution in [0.4, 0.5) is 5.69 Å². The van der Waals surface area contributed by atoms with Crippen LogP contribution >= 0.6 is 0 Å². The number of rotatable bonds is 9.